The number of aliphatic hydroxyl groups is 1. The fraction of sp³-hybridized carbons (Fsp3) is 0.462. The Labute approximate surface area is 107 Å². The van der Waals surface area contributed by atoms with E-state index in [9.17, 15) is 4.79 Å². The maximum atomic E-state index is 12.0. The van der Waals surface area contributed by atoms with Gasteiger partial charge in [-0.1, -0.05) is 30.3 Å². The Morgan fingerprint density at radius 3 is 2.50 bits per heavy atom. The van der Waals surface area contributed by atoms with E-state index in [4.69, 9.17) is 14.6 Å². The SMILES string of the molecule is COCC(CO)NC(=O)C(OC)c1ccccc1. The summed E-state index contributed by atoms with van der Waals surface area (Å²) in [5.74, 6) is -0.292. The molecule has 0 saturated carbocycles. The molecule has 0 heterocycles. The molecule has 18 heavy (non-hydrogen) atoms. The number of hydrogen-bond acceptors (Lipinski definition) is 4. The average molecular weight is 253 g/mol. The average Bonchev–Trinajstić information content (AvgIpc) is 2.40. The van der Waals surface area contributed by atoms with Crippen molar-refractivity contribution in [2.75, 3.05) is 27.4 Å². The van der Waals surface area contributed by atoms with Crippen LogP contribution in [-0.2, 0) is 14.3 Å². The van der Waals surface area contributed by atoms with Crippen molar-refractivity contribution in [3.05, 3.63) is 35.9 Å². The van der Waals surface area contributed by atoms with Gasteiger partial charge in [-0.15, -0.1) is 0 Å². The van der Waals surface area contributed by atoms with Gasteiger partial charge in [0, 0.05) is 14.2 Å². The quantitative estimate of drug-likeness (QED) is 0.742. The predicted octanol–water partition coefficient (Wildman–Crippen LogP) is 0.498. The molecule has 0 aliphatic heterocycles. The van der Waals surface area contributed by atoms with Crippen molar-refractivity contribution in [1.82, 2.24) is 5.32 Å². The zero-order valence-electron chi connectivity index (χ0n) is 10.6. The second-order valence-corrected chi connectivity index (χ2v) is 3.87. The Balaban J connectivity index is 2.68. The first-order valence-electron chi connectivity index (χ1n) is 5.70. The van der Waals surface area contributed by atoms with Crippen LogP contribution in [0.3, 0.4) is 0 Å². The third kappa shape index (κ3) is 4.10. The molecule has 2 N–H and O–H groups in total. The molecule has 1 aromatic carbocycles. The second-order valence-electron chi connectivity index (χ2n) is 3.87. The Bertz CT molecular complexity index is 355. The maximum absolute atomic E-state index is 12.0. The number of amides is 1. The Kier molecular flexibility index (Phi) is 6.35. The number of aliphatic hydroxyl groups excluding tert-OH is 1. The van der Waals surface area contributed by atoms with Gasteiger partial charge in [-0.25, -0.2) is 0 Å². The van der Waals surface area contributed by atoms with E-state index in [2.05, 4.69) is 5.32 Å². The minimum absolute atomic E-state index is 0.176. The van der Waals surface area contributed by atoms with Crippen LogP contribution < -0.4 is 5.32 Å². The van der Waals surface area contributed by atoms with Crippen LogP contribution >= 0.6 is 0 Å². The van der Waals surface area contributed by atoms with Gasteiger partial charge in [0.05, 0.1) is 19.3 Å². The number of methoxy groups -OCH3 is 2. The molecule has 5 heteroatoms. The molecule has 0 bridgehead atoms. The molecule has 0 spiro atoms. The van der Waals surface area contributed by atoms with Crippen molar-refractivity contribution in [1.29, 1.82) is 0 Å². The molecular formula is C13H19NO4. The lowest BCUT2D eigenvalue weighted by molar-refractivity contribution is -0.133. The van der Waals surface area contributed by atoms with Crippen molar-refractivity contribution in [3.63, 3.8) is 0 Å². The second kappa shape index (κ2) is 7.81. The van der Waals surface area contributed by atoms with Gasteiger partial charge in [0.1, 0.15) is 0 Å². The summed E-state index contributed by atoms with van der Waals surface area (Å²) in [7, 11) is 2.99. The van der Waals surface area contributed by atoms with E-state index < -0.39 is 12.1 Å². The predicted molar refractivity (Wildman–Crippen MR) is 67.1 cm³/mol. The van der Waals surface area contributed by atoms with Crippen molar-refractivity contribution in [2.24, 2.45) is 0 Å². The van der Waals surface area contributed by atoms with E-state index in [-0.39, 0.29) is 19.1 Å². The van der Waals surface area contributed by atoms with E-state index in [1.54, 1.807) is 0 Å². The lowest BCUT2D eigenvalue weighted by Gasteiger charge is -2.20. The third-order valence-corrected chi connectivity index (χ3v) is 2.51. The molecule has 1 amide bonds. The summed E-state index contributed by atoms with van der Waals surface area (Å²) in [6.07, 6.45) is -0.683. The highest BCUT2D eigenvalue weighted by atomic mass is 16.5. The lowest BCUT2D eigenvalue weighted by Crippen LogP contribution is -2.43. The van der Waals surface area contributed by atoms with Gasteiger partial charge >= 0.3 is 0 Å². The maximum Gasteiger partial charge on any atom is 0.254 e. The van der Waals surface area contributed by atoms with Gasteiger partial charge in [0.25, 0.3) is 5.91 Å². The fourth-order valence-electron chi connectivity index (χ4n) is 1.64. The molecular weight excluding hydrogens is 234 g/mol. The molecule has 5 nitrogen and oxygen atoms in total. The van der Waals surface area contributed by atoms with Gasteiger partial charge in [-0.2, -0.15) is 0 Å². The smallest absolute Gasteiger partial charge is 0.254 e. The van der Waals surface area contributed by atoms with Crippen LogP contribution in [0.1, 0.15) is 11.7 Å². The first-order chi connectivity index (χ1) is 8.72. The zero-order chi connectivity index (χ0) is 13.4. The lowest BCUT2D eigenvalue weighted by atomic mass is 10.1. The molecule has 0 aliphatic carbocycles. The van der Waals surface area contributed by atoms with Crippen molar-refractivity contribution in [3.8, 4) is 0 Å². The molecule has 2 atom stereocenters. The van der Waals surface area contributed by atoms with Crippen LogP contribution in [0.4, 0.5) is 0 Å². The zero-order valence-corrected chi connectivity index (χ0v) is 10.6. The highest BCUT2D eigenvalue weighted by Gasteiger charge is 2.22. The highest BCUT2D eigenvalue weighted by molar-refractivity contribution is 5.82. The van der Waals surface area contributed by atoms with E-state index in [0.717, 1.165) is 5.56 Å². The largest absolute Gasteiger partial charge is 0.394 e. The first kappa shape index (κ1) is 14.6. The molecule has 0 radical (unpaired) electrons. The van der Waals surface area contributed by atoms with Crippen LogP contribution in [0.5, 0.6) is 0 Å². The molecule has 1 rings (SSSR count). The Morgan fingerprint density at radius 1 is 1.33 bits per heavy atom. The summed E-state index contributed by atoms with van der Waals surface area (Å²) in [6.45, 7) is 0.0816. The molecule has 100 valence electrons. The van der Waals surface area contributed by atoms with Crippen LogP contribution in [0.2, 0.25) is 0 Å². The summed E-state index contributed by atoms with van der Waals surface area (Å²) in [6, 6.07) is 8.76. The van der Waals surface area contributed by atoms with Crippen LogP contribution in [0, 0.1) is 0 Å². The van der Waals surface area contributed by atoms with Crippen LogP contribution in [-0.4, -0.2) is 44.5 Å². The molecule has 0 aromatic heterocycles. The molecule has 0 fully saturated rings. The fourth-order valence-corrected chi connectivity index (χ4v) is 1.64. The molecule has 0 aliphatic rings. The van der Waals surface area contributed by atoms with Crippen molar-refractivity contribution >= 4 is 5.91 Å². The van der Waals surface area contributed by atoms with Gasteiger partial charge in [0.2, 0.25) is 0 Å². The highest BCUT2D eigenvalue weighted by Crippen LogP contribution is 2.16. The summed E-state index contributed by atoms with van der Waals surface area (Å²) in [5, 5.41) is 11.8. The molecule has 2 unspecified atom stereocenters. The summed E-state index contributed by atoms with van der Waals surface area (Å²) in [5.41, 5.74) is 0.770. The summed E-state index contributed by atoms with van der Waals surface area (Å²) in [4.78, 5) is 12.0. The standard InChI is InChI=1S/C13H19NO4/c1-17-9-11(8-15)14-13(16)12(18-2)10-6-4-3-5-7-10/h3-7,11-12,15H,8-9H2,1-2H3,(H,14,16). The van der Waals surface area contributed by atoms with Crippen molar-refractivity contribution in [2.45, 2.75) is 12.1 Å². The Hall–Kier alpha value is -1.43. The monoisotopic (exact) mass is 253 g/mol. The number of carbonyl (C=O) groups excluding carboxylic acids is 1. The van der Waals surface area contributed by atoms with E-state index in [1.165, 1.54) is 14.2 Å². The number of carbonyl (C=O) groups is 1. The number of nitrogens with one attached hydrogen (secondary N) is 1. The Morgan fingerprint density at radius 2 is 2.00 bits per heavy atom. The van der Waals surface area contributed by atoms with Gasteiger partial charge in [0.15, 0.2) is 6.10 Å². The topological polar surface area (TPSA) is 67.8 Å². The number of ether oxygens (including phenoxy) is 2. The molecule has 1 aromatic rings. The number of benzene rings is 1. The van der Waals surface area contributed by atoms with Crippen LogP contribution in [0.15, 0.2) is 30.3 Å². The van der Waals surface area contributed by atoms with E-state index in [0.29, 0.717) is 0 Å². The summed E-state index contributed by atoms with van der Waals surface area (Å²) >= 11 is 0. The summed E-state index contributed by atoms with van der Waals surface area (Å²) < 4.78 is 10.1. The number of hydrogen-bond donors (Lipinski definition) is 2. The normalized spacial score (nSPS) is 13.9. The van der Waals surface area contributed by atoms with Crippen molar-refractivity contribution < 1.29 is 19.4 Å². The van der Waals surface area contributed by atoms with E-state index >= 15 is 0 Å². The van der Waals surface area contributed by atoms with Gasteiger partial charge in [-0.3, -0.25) is 4.79 Å². The first-order valence-corrected chi connectivity index (χ1v) is 5.70. The van der Waals surface area contributed by atoms with Crippen LogP contribution in [0.25, 0.3) is 0 Å². The van der Waals surface area contributed by atoms with Gasteiger partial charge in [-0.05, 0) is 5.56 Å². The van der Waals surface area contributed by atoms with Gasteiger partial charge < -0.3 is 19.9 Å². The van der Waals surface area contributed by atoms with E-state index in [1.807, 2.05) is 30.3 Å². The number of rotatable bonds is 7. The minimum atomic E-state index is -0.683. The third-order valence-electron chi connectivity index (χ3n) is 2.51. The minimum Gasteiger partial charge on any atom is -0.394 e. The molecule has 0 saturated heterocycles.